The van der Waals surface area contributed by atoms with Crippen LogP contribution in [0.3, 0.4) is 0 Å². The summed E-state index contributed by atoms with van der Waals surface area (Å²) in [5.74, 6) is 6.92. The number of rotatable bonds is 10. The Morgan fingerprint density at radius 1 is 0.186 bits per heavy atom. The first-order chi connectivity index (χ1) is 61.2. The predicted octanol–water partition coefficient (Wildman–Crippen LogP) is 29.8. The van der Waals surface area contributed by atoms with Gasteiger partial charge in [-0.15, -0.1) is 0 Å². The highest BCUT2D eigenvalue weighted by Gasteiger charge is 2.31. The Labute approximate surface area is 756 Å². The van der Waals surface area contributed by atoms with Gasteiger partial charge in [-0.1, -0.05) is 301 Å². The van der Waals surface area contributed by atoms with Gasteiger partial charge in [0.25, 0.3) is 0 Å². The number of aryl methyl sites for hydroxylation is 6. The number of benzene rings is 10. The van der Waals surface area contributed by atoms with Crippen LogP contribution >= 0.6 is 0 Å². The van der Waals surface area contributed by atoms with E-state index in [9.17, 15) is 0 Å². The van der Waals surface area contributed by atoms with Crippen LogP contribution in [0, 0.1) is 41.5 Å². The van der Waals surface area contributed by atoms with Crippen LogP contribution in [0.25, 0.3) is 178 Å². The molecule has 129 heavy (non-hydrogen) atoms. The number of furan rings is 3. The van der Waals surface area contributed by atoms with E-state index in [1.165, 1.54) is 33.4 Å². The monoisotopic (exact) mass is 1700 g/mol. The maximum Gasteiger partial charge on any atom is 0.163 e. The summed E-state index contributed by atoms with van der Waals surface area (Å²) in [7, 11) is 0. The first-order valence-corrected chi connectivity index (χ1v) is 44.5. The van der Waals surface area contributed by atoms with E-state index >= 15 is 0 Å². The molecule has 0 aliphatic carbocycles. The van der Waals surface area contributed by atoms with Crippen LogP contribution in [0.1, 0.15) is 193 Å². The molecule has 646 valence electrons. The fourth-order valence-corrected chi connectivity index (χ4v) is 15.9. The van der Waals surface area contributed by atoms with Gasteiger partial charge in [-0.05, 0) is 151 Å². The van der Waals surface area contributed by atoms with Crippen LogP contribution in [-0.4, -0.2) is 59.8 Å². The maximum atomic E-state index is 6.71. The molecule has 0 aliphatic rings. The molecule has 19 rings (SSSR count). The van der Waals surface area contributed by atoms with Crippen molar-refractivity contribution in [1.82, 2.24) is 59.8 Å². The predicted molar refractivity (Wildman–Crippen MR) is 530 cm³/mol. The Bertz CT molecular complexity index is 7460. The normalized spacial score (nSPS) is 12.3. The van der Waals surface area contributed by atoms with Gasteiger partial charge in [-0.3, -0.25) is 15.0 Å². The Morgan fingerprint density at radius 2 is 0.403 bits per heavy atom. The Morgan fingerprint density at radius 3 is 0.682 bits per heavy atom. The molecule has 0 N–H and O–H groups in total. The molecule has 0 unspecified atom stereocenters. The van der Waals surface area contributed by atoms with E-state index in [0.717, 1.165) is 196 Å². The minimum Gasteiger partial charge on any atom is -0.455 e. The summed E-state index contributed by atoms with van der Waals surface area (Å²) in [6.45, 7) is 51.1. The molecule has 0 fully saturated rings. The average Bonchev–Trinajstić information content (AvgIpc) is 1.62. The smallest absolute Gasteiger partial charge is 0.163 e. The molecule has 0 saturated carbocycles. The molecule has 0 radical (unpaired) electrons. The van der Waals surface area contributed by atoms with Crippen LogP contribution in [0.4, 0.5) is 0 Å². The van der Waals surface area contributed by atoms with Gasteiger partial charge in [0.2, 0.25) is 0 Å². The Kier molecular flexibility index (Phi) is 22.5. The zero-order valence-corrected chi connectivity index (χ0v) is 78.7. The van der Waals surface area contributed by atoms with Crippen molar-refractivity contribution in [3.8, 4) is 112 Å². The SMILES string of the molecule is Cc1cnc(-c2cccc3c2oc2c(-c4ccc(-c5nc(C(C)(C)C)nc(C(C)(C)C)n5)cc4)cccc23)cc1C.Cc1cnc(-c2cccc3c2oc2c(-c4cccc(-c5ccc(-c6nc(C(C)(C)C)nc(C(C)(C)C)n6)cc5)c4)cccc23)cc1C.Cc1cnc(-c2cccc3c2oc2c(-c4cccc(-c5nc(C(C)(C)C)nc(C(C)(C)C)n5)c4)cccc23)cc1C. The lowest BCUT2D eigenvalue weighted by molar-refractivity contribution is 0.497. The Balaban J connectivity index is 0.000000136. The van der Waals surface area contributed by atoms with Crippen molar-refractivity contribution in [3.63, 3.8) is 0 Å². The highest BCUT2D eigenvalue weighted by atomic mass is 16.3. The van der Waals surface area contributed by atoms with E-state index in [1.54, 1.807) is 0 Å². The van der Waals surface area contributed by atoms with Gasteiger partial charge in [0, 0.05) is 133 Å². The minimum absolute atomic E-state index is 0.180. The fourth-order valence-electron chi connectivity index (χ4n) is 15.9. The number of hydrogen-bond donors (Lipinski definition) is 0. The summed E-state index contributed by atoms with van der Waals surface area (Å²) in [6.07, 6.45) is 5.80. The van der Waals surface area contributed by atoms with Gasteiger partial charge in [-0.2, -0.15) is 0 Å². The van der Waals surface area contributed by atoms with Crippen LogP contribution < -0.4 is 0 Å². The van der Waals surface area contributed by atoms with Gasteiger partial charge < -0.3 is 13.3 Å². The summed E-state index contributed by atoms with van der Waals surface area (Å²) in [4.78, 5) is 58.1. The highest BCUT2D eigenvalue weighted by molar-refractivity contribution is 6.15. The molecule has 9 heterocycles. The minimum atomic E-state index is -0.197. The zero-order valence-electron chi connectivity index (χ0n) is 78.7. The van der Waals surface area contributed by atoms with Crippen molar-refractivity contribution in [2.45, 2.75) is 199 Å². The van der Waals surface area contributed by atoms with Crippen molar-refractivity contribution in [1.29, 1.82) is 0 Å². The summed E-state index contributed by atoms with van der Waals surface area (Å²) >= 11 is 0. The molecule has 0 atom stereocenters. The molecule has 15 nitrogen and oxygen atoms in total. The molecule has 0 saturated heterocycles. The summed E-state index contributed by atoms with van der Waals surface area (Å²) in [5, 5.41) is 6.53. The van der Waals surface area contributed by atoms with Gasteiger partial charge in [-0.25, -0.2) is 44.9 Å². The summed E-state index contributed by atoms with van der Waals surface area (Å²) in [5.41, 5.74) is 28.5. The second-order valence-electron chi connectivity index (χ2n) is 40.6. The Hall–Kier alpha value is -13.9. The quantitative estimate of drug-likeness (QED) is 0.125. The molecular weight excluding hydrogens is 1590 g/mol. The van der Waals surface area contributed by atoms with E-state index in [4.69, 9.17) is 73.1 Å². The third kappa shape index (κ3) is 17.6. The number of pyridine rings is 3. The van der Waals surface area contributed by atoms with E-state index in [2.05, 4.69) is 391 Å². The highest BCUT2D eigenvalue weighted by Crippen LogP contribution is 2.46. The van der Waals surface area contributed by atoms with Gasteiger partial charge in [0.15, 0.2) is 17.5 Å². The summed E-state index contributed by atoms with van der Waals surface area (Å²) in [6, 6.07) is 78.4. The van der Waals surface area contributed by atoms with E-state index in [0.29, 0.717) is 17.5 Å². The maximum absolute atomic E-state index is 6.71. The number of nitrogens with zero attached hydrogens (tertiary/aromatic N) is 12. The van der Waals surface area contributed by atoms with Gasteiger partial charge in [0.1, 0.15) is 68.4 Å². The molecule has 15 heteroatoms. The second kappa shape index (κ2) is 33.4. The molecule has 0 aliphatic heterocycles. The van der Waals surface area contributed by atoms with Gasteiger partial charge in [0.05, 0.1) is 17.1 Å². The second-order valence-corrected chi connectivity index (χ2v) is 40.6. The molecular formula is C114H112N12O3. The molecule has 0 bridgehead atoms. The van der Waals surface area contributed by atoms with Crippen molar-refractivity contribution >= 4 is 65.8 Å². The largest absolute Gasteiger partial charge is 0.455 e. The lowest BCUT2D eigenvalue weighted by Gasteiger charge is -2.22. The topological polar surface area (TPSA) is 194 Å². The van der Waals surface area contributed by atoms with Crippen molar-refractivity contribution in [3.05, 3.63) is 311 Å². The van der Waals surface area contributed by atoms with E-state index in [1.807, 2.05) is 18.6 Å². The van der Waals surface area contributed by atoms with Crippen LogP contribution in [0.2, 0.25) is 0 Å². The third-order valence-corrected chi connectivity index (χ3v) is 24.0. The third-order valence-electron chi connectivity index (χ3n) is 24.0. The van der Waals surface area contributed by atoms with Crippen molar-refractivity contribution < 1.29 is 13.3 Å². The van der Waals surface area contributed by atoms with Crippen molar-refractivity contribution in [2.75, 3.05) is 0 Å². The lowest BCUT2D eigenvalue weighted by Crippen LogP contribution is -2.24. The first-order valence-electron chi connectivity index (χ1n) is 44.5. The molecule has 9 aromatic heterocycles. The average molecular weight is 1700 g/mol. The van der Waals surface area contributed by atoms with E-state index < -0.39 is 0 Å². The van der Waals surface area contributed by atoms with Crippen LogP contribution in [0.5, 0.6) is 0 Å². The fraction of sp³-hybridized carbons (Fsp3) is 0.263. The zero-order chi connectivity index (χ0) is 91.3. The van der Waals surface area contributed by atoms with Crippen LogP contribution in [-0.2, 0) is 32.5 Å². The van der Waals surface area contributed by atoms with Gasteiger partial charge >= 0.3 is 0 Å². The first kappa shape index (κ1) is 87.2. The molecule has 0 spiro atoms. The number of aromatic nitrogens is 12. The van der Waals surface area contributed by atoms with Crippen LogP contribution in [0.15, 0.2) is 256 Å². The molecule has 19 aromatic rings. The summed E-state index contributed by atoms with van der Waals surface area (Å²) < 4.78 is 20.0. The number of fused-ring (bicyclic) bond motifs is 9. The lowest BCUT2D eigenvalue weighted by atomic mass is 9.92. The number of hydrogen-bond acceptors (Lipinski definition) is 15. The number of para-hydroxylation sites is 6. The van der Waals surface area contributed by atoms with E-state index in [-0.39, 0.29) is 32.5 Å². The standard InChI is InChI=1S/C42H40N4O.2C36H36N4O/c1-25-22-35(43-24-26(25)2)34-17-11-16-33-32-15-10-14-31(36(32)47-37(33)34)30-13-9-12-29(23-30)27-18-20-28(21-19-27)38-44-39(41(3,4)5)46-40(45-38)42(6,7)8;1-21-18-29(37-20-22(21)2)28-17-11-16-27-26-15-10-14-25(30(26)41-31(27)28)23-12-9-13-24(19-23)32-38-33(35(3,4)5)40-34(39-32)36(6,7)8;1-21-19-29(37-20-22(21)2)28-14-10-13-27-26-12-9-11-25(30(26)41-31(27)28)23-15-17-24(18-16-23)32-38-33(35(3,4)5)40-34(39-32)36(6,7)8/h9-24H,1-8H3;2*9-20H,1-8H3. The van der Waals surface area contributed by atoms with Crippen molar-refractivity contribution in [2.24, 2.45) is 0 Å². The molecule has 0 amide bonds. The molecule has 10 aromatic carbocycles.